The summed E-state index contributed by atoms with van der Waals surface area (Å²) in [6.45, 7) is 5.59. The number of carbonyl (C=O) groups is 4. The molecule has 0 bridgehead atoms. The Morgan fingerprint density at radius 2 is 0.759 bits per heavy atom. The molecule has 3 N–H and O–H groups in total. The third-order valence-electron chi connectivity index (χ3n) is 12.7. The molecule has 1 heterocycles. The molecular formula is C67H104O12. The number of carbonyl (C=O) groups excluding carboxylic acids is 3. The number of aliphatic hydroxyl groups is 2. The molecule has 0 spiro atoms. The molecule has 12 heteroatoms. The van der Waals surface area contributed by atoms with Crippen molar-refractivity contribution in [2.45, 2.75) is 250 Å². The standard InChI is InChI=1S/C67H104O12/c1-4-7-10-13-16-19-22-25-28-30-33-35-38-41-44-47-50-53-59(68)75-56-58(77-60(69)54-51-48-45-42-39-36-32-27-24-21-18-15-12-9-6-3)57-76-67-65(63(72)62(71)64(79-67)66(73)74)78-61(70)55-52-49-46-43-40-37-34-31-29-26-23-20-17-14-11-8-5-2/h7-12,16-21,25-29,32,34,37,39,42,58,62-65,67,71-72H,4-6,13-15,22-24,30-31,33,35-36,38,40-41,43-57H2,1-3H3,(H,73,74)/b10-7-,11-8-,12-9-,19-16-,20-17-,21-18-,28-25-,29-26-,32-27-,37-34-,42-39-. The van der Waals surface area contributed by atoms with Crippen LogP contribution in [0.15, 0.2) is 134 Å². The van der Waals surface area contributed by atoms with Gasteiger partial charge >= 0.3 is 23.9 Å². The lowest BCUT2D eigenvalue weighted by Crippen LogP contribution is -2.61. The van der Waals surface area contributed by atoms with Crippen molar-refractivity contribution in [1.82, 2.24) is 0 Å². The number of hydrogen-bond donors (Lipinski definition) is 3. The molecule has 0 amide bonds. The van der Waals surface area contributed by atoms with Crippen LogP contribution in [0.25, 0.3) is 0 Å². The second-order valence-corrected chi connectivity index (χ2v) is 19.8. The summed E-state index contributed by atoms with van der Waals surface area (Å²) in [5.41, 5.74) is 0. The second-order valence-electron chi connectivity index (χ2n) is 19.8. The number of allylic oxidation sites excluding steroid dienone is 22. The quantitative estimate of drug-likeness (QED) is 0.0228. The lowest BCUT2D eigenvalue weighted by Gasteiger charge is -2.40. The van der Waals surface area contributed by atoms with Crippen molar-refractivity contribution in [3.05, 3.63) is 134 Å². The number of aliphatic carboxylic acids is 1. The first kappa shape index (κ1) is 71.9. The number of rotatable bonds is 49. The van der Waals surface area contributed by atoms with E-state index in [1.165, 1.54) is 0 Å². The van der Waals surface area contributed by atoms with Crippen LogP contribution < -0.4 is 0 Å². The lowest BCUT2D eigenvalue weighted by atomic mass is 9.98. The zero-order valence-electron chi connectivity index (χ0n) is 48.8. The van der Waals surface area contributed by atoms with E-state index in [4.69, 9.17) is 23.7 Å². The minimum Gasteiger partial charge on any atom is -0.479 e. The van der Waals surface area contributed by atoms with Crippen molar-refractivity contribution in [3.8, 4) is 0 Å². The SMILES string of the molecule is CC/C=C\C/C=C\C/C=C\C/C=C\CCCCCCC(=O)OC1C(OCC(COC(=O)CCCCCCCCC/C=C\C/C=C\C/C=C\CC)OC(=O)CCCC/C=C\C/C=C\C/C=C\C/C=C\CC)OC(C(=O)O)C(O)C1O. The van der Waals surface area contributed by atoms with Crippen LogP contribution in [-0.4, -0.2) is 89.2 Å². The summed E-state index contributed by atoms with van der Waals surface area (Å²) < 4.78 is 28.4. The maximum atomic E-state index is 13.1. The molecule has 1 aliphatic heterocycles. The molecule has 1 fully saturated rings. The van der Waals surface area contributed by atoms with Crippen molar-refractivity contribution in [2.75, 3.05) is 13.2 Å². The number of esters is 3. The molecular weight excluding hydrogens is 997 g/mol. The van der Waals surface area contributed by atoms with Crippen LogP contribution >= 0.6 is 0 Å². The Bertz CT molecular complexity index is 1880. The minimum atomic E-state index is -1.93. The Kier molecular flexibility index (Phi) is 48.7. The molecule has 1 aliphatic rings. The van der Waals surface area contributed by atoms with Gasteiger partial charge in [-0.25, -0.2) is 4.79 Å². The van der Waals surface area contributed by atoms with Crippen LogP contribution in [0.4, 0.5) is 0 Å². The summed E-state index contributed by atoms with van der Waals surface area (Å²) in [5, 5.41) is 31.5. The summed E-state index contributed by atoms with van der Waals surface area (Å²) in [5.74, 6) is -3.24. The maximum Gasteiger partial charge on any atom is 0.335 e. The molecule has 6 unspecified atom stereocenters. The average molecular weight is 1100 g/mol. The highest BCUT2D eigenvalue weighted by Gasteiger charge is 2.50. The Hall–Kier alpha value is -5.14. The molecule has 444 valence electrons. The third-order valence-corrected chi connectivity index (χ3v) is 12.7. The van der Waals surface area contributed by atoms with E-state index in [1.807, 2.05) is 0 Å². The highest BCUT2D eigenvalue weighted by Crippen LogP contribution is 2.26. The molecule has 0 aliphatic carbocycles. The molecule has 0 aromatic carbocycles. The van der Waals surface area contributed by atoms with Crippen LogP contribution in [0.3, 0.4) is 0 Å². The van der Waals surface area contributed by atoms with E-state index < -0.39 is 67.3 Å². The molecule has 1 rings (SSSR count). The first-order valence-electron chi connectivity index (χ1n) is 30.2. The Labute approximate surface area is 477 Å². The van der Waals surface area contributed by atoms with Crippen LogP contribution in [-0.2, 0) is 42.9 Å². The third kappa shape index (κ3) is 43.4. The largest absolute Gasteiger partial charge is 0.479 e. The van der Waals surface area contributed by atoms with E-state index in [0.717, 1.165) is 154 Å². The van der Waals surface area contributed by atoms with Gasteiger partial charge in [-0.05, 0) is 128 Å². The van der Waals surface area contributed by atoms with Crippen molar-refractivity contribution >= 4 is 23.9 Å². The van der Waals surface area contributed by atoms with Crippen LogP contribution in [0.5, 0.6) is 0 Å². The van der Waals surface area contributed by atoms with Crippen LogP contribution in [0.2, 0.25) is 0 Å². The molecule has 1 saturated heterocycles. The van der Waals surface area contributed by atoms with Gasteiger partial charge in [0.15, 0.2) is 24.6 Å². The molecule has 12 nitrogen and oxygen atoms in total. The highest BCUT2D eigenvalue weighted by molar-refractivity contribution is 5.74. The predicted octanol–water partition coefficient (Wildman–Crippen LogP) is 15.8. The van der Waals surface area contributed by atoms with Gasteiger partial charge in [-0.3, -0.25) is 14.4 Å². The predicted molar refractivity (Wildman–Crippen MR) is 321 cm³/mol. The van der Waals surface area contributed by atoms with Gasteiger partial charge in [0.25, 0.3) is 0 Å². The van der Waals surface area contributed by atoms with Crippen molar-refractivity contribution < 1.29 is 58.2 Å². The van der Waals surface area contributed by atoms with E-state index in [9.17, 15) is 34.5 Å². The maximum absolute atomic E-state index is 13.1. The van der Waals surface area contributed by atoms with Gasteiger partial charge < -0.3 is 39.0 Å². The fourth-order valence-electron chi connectivity index (χ4n) is 8.19. The van der Waals surface area contributed by atoms with Crippen molar-refractivity contribution in [1.29, 1.82) is 0 Å². The first-order valence-corrected chi connectivity index (χ1v) is 30.2. The molecule has 0 saturated carbocycles. The molecule has 0 aromatic rings. The number of unbranched alkanes of at least 4 members (excludes halogenated alkanes) is 13. The molecule has 6 atom stereocenters. The first-order chi connectivity index (χ1) is 38.6. The summed E-state index contributed by atoms with van der Waals surface area (Å²) >= 11 is 0. The van der Waals surface area contributed by atoms with Crippen LogP contribution in [0, 0.1) is 0 Å². The van der Waals surface area contributed by atoms with E-state index in [1.54, 1.807) is 0 Å². The van der Waals surface area contributed by atoms with Gasteiger partial charge in [0.1, 0.15) is 18.8 Å². The van der Waals surface area contributed by atoms with E-state index >= 15 is 0 Å². The van der Waals surface area contributed by atoms with Gasteiger partial charge in [0.2, 0.25) is 0 Å². The minimum absolute atomic E-state index is 0.0189. The van der Waals surface area contributed by atoms with Gasteiger partial charge in [0.05, 0.1) is 6.61 Å². The lowest BCUT2D eigenvalue weighted by molar-refractivity contribution is -0.301. The van der Waals surface area contributed by atoms with E-state index in [0.29, 0.717) is 19.3 Å². The number of hydrogen-bond acceptors (Lipinski definition) is 11. The number of aliphatic hydroxyl groups excluding tert-OH is 2. The van der Waals surface area contributed by atoms with Gasteiger partial charge in [-0.15, -0.1) is 0 Å². The fraction of sp³-hybridized carbons (Fsp3) is 0.612. The van der Waals surface area contributed by atoms with Gasteiger partial charge in [0, 0.05) is 19.3 Å². The van der Waals surface area contributed by atoms with Gasteiger partial charge in [-0.2, -0.15) is 0 Å². The Morgan fingerprint density at radius 1 is 0.418 bits per heavy atom. The summed E-state index contributed by atoms with van der Waals surface area (Å²) in [6, 6.07) is 0. The zero-order chi connectivity index (χ0) is 57.5. The van der Waals surface area contributed by atoms with E-state index in [-0.39, 0.29) is 25.9 Å². The monoisotopic (exact) mass is 1100 g/mol. The Balaban J connectivity index is 2.74. The topological polar surface area (TPSA) is 175 Å². The number of ether oxygens (including phenoxy) is 5. The smallest absolute Gasteiger partial charge is 0.335 e. The molecule has 0 aromatic heterocycles. The number of carboxylic acid groups (broad SMARTS) is 1. The molecule has 79 heavy (non-hydrogen) atoms. The summed E-state index contributed by atoms with van der Waals surface area (Å²) in [7, 11) is 0. The normalized spacial score (nSPS) is 18.8. The average Bonchev–Trinajstić information content (AvgIpc) is 3.43. The second kappa shape index (κ2) is 53.5. The fourth-order valence-corrected chi connectivity index (χ4v) is 8.19. The van der Waals surface area contributed by atoms with Crippen molar-refractivity contribution in [3.63, 3.8) is 0 Å². The van der Waals surface area contributed by atoms with Crippen LogP contribution in [0.1, 0.15) is 213 Å². The molecule has 0 radical (unpaired) electrons. The summed E-state index contributed by atoms with van der Waals surface area (Å²) in [6.07, 6.45) is 62.7. The van der Waals surface area contributed by atoms with E-state index in [2.05, 4.69) is 154 Å². The zero-order valence-corrected chi connectivity index (χ0v) is 48.8. The van der Waals surface area contributed by atoms with Crippen molar-refractivity contribution in [2.24, 2.45) is 0 Å². The summed E-state index contributed by atoms with van der Waals surface area (Å²) in [4.78, 5) is 51.2. The Morgan fingerprint density at radius 3 is 1.18 bits per heavy atom. The number of carboxylic acids is 1. The highest BCUT2D eigenvalue weighted by atomic mass is 16.7. The van der Waals surface area contributed by atoms with Gasteiger partial charge in [-0.1, -0.05) is 199 Å².